The fourth-order valence-electron chi connectivity index (χ4n) is 5.42. The smallest absolute Gasteiger partial charge is 0.251 e. The van der Waals surface area contributed by atoms with Gasteiger partial charge in [-0.2, -0.15) is 0 Å². The first kappa shape index (κ1) is 42.3. The molecule has 0 unspecified atom stereocenters. The van der Waals surface area contributed by atoms with Crippen LogP contribution >= 0.6 is 0 Å². The molecule has 15 heteroatoms. The van der Waals surface area contributed by atoms with Gasteiger partial charge in [0, 0.05) is 18.4 Å². The van der Waals surface area contributed by atoms with Gasteiger partial charge < -0.3 is 47.6 Å². The first-order chi connectivity index (χ1) is 25.4. The summed E-state index contributed by atoms with van der Waals surface area (Å²) >= 11 is 0. The molecule has 3 rings (SSSR count). The van der Waals surface area contributed by atoms with Crippen molar-refractivity contribution in [2.45, 2.75) is 84.1 Å². The van der Waals surface area contributed by atoms with Crippen molar-refractivity contribution < 1.29 is 44.1 Å². The van der Waals surface area contributed by atoms with E-state index in [1.54, 1.807) is 38.1 Å². The van der Waals surface area contributed by atoms with Crippen LogP contribution in [-0.4, -0.2) is 81.0 Å². The van der Waals surface area contributed by atoms with E-state index in [0.717, 1.165) is 0 Å². The summed E-state index contributed by atoms with van der Waals surface area (Å²) in [4.78, 5) is 79.7. The molecule has 290 valence electrons. The number of hydrogen-bond donors (Lipinski definition) is 9. The van der Waals surface area contributed by atoms with Gasteiger partial charge in [-0.05, 0) is 84.8 Å². The van der Waals surface area contributed by atoms with Crippen LogP contribution in [0.15, 0.2) is 72.8 Å². The zero-order valence-electron chi connectivity index (χ0n) is 31.0. The highest BCUT2D eigenvalue weighted by atomic mass is 16.3. The van der Waals surface area contributed by atoms with Crippen molar-refractivity contribution in [3.63, 3.8) is 0 Å². The molecule has 0 heterocycles. The number of nitrogens with two attached hydrogens (primary N) is 1. The molecule has 0 saturated carbocycles. The van der Waals surface area contributed by atoms with E-state index in [9.17, 15) is 44.1 Å². The Bertz CT molecular complexity index is 1760. The molecule has 3 aromatic carbocycles. The Morgan fingerprint density at radius 1 is 0.537 bits per heavy atom. The van der Waals surface area contributed by atoms with E-state index in [0.29, 0.717) is 11.1 Å². The summed E-state index contributed by atoms with van der Waals surface area (Å²) in [7, 11) is 0. The van der Waals surface area contributed by atoms with Gasteiger partial charge in [0.2, 0.25) is 29.5 Å². The van der Waals surface area contributed by atoms with Crippen LogP contribution in [0.25, 0.3) is 0 Å². The van der Waals surface area contributed by atoms with Crippen LogP contribution in [0.4, 0.5) is 0 Å². The highest BCUT2D eigenvalue weighted by Crippen LogP contribution is 2.16. The molecule has 0 radical (unpaired) electrons. The number of benzene rings is 3. The van der Waals surface area contributed by atoms with E-state index in [1.807, 2.05) is 13.8 Å². The number of phenolic OH excluding ortho intramolecular Hbond substituents is 3. The molecule has 54 heavy (non-hydrogen) atoms. The van der Waals surface area contributed by atoms with Gasteiger partial charge in [-0.3, -0.25) is 28.8 Å². The first-order valence-corrected chi connectivity index (χ1v) is 17.6. The van der Waals surface area contributed by atoms with Crippen LogP contribution < -0.4 is 32.3 Å². The second kappa shape index (κ2) is 19.6. The Morgan fingerprint density at radius 2 is 0.944 bits per heavy atom. The van der Waals surface area contributed by atoms with Gasteiger partial charge >= 0.3 is 0 Å². The van der Waals surface area contributed by atoms with Gasteiger partial charge in [0.15, 0.2) is 0 Å². The minimum absolute atomic E-state index is 0.00939. The average Bonchev–Trinajstić information content (AvgIpc) is 3.11. The molecule has 0 aromatic heterocycles. The SMILES string of the molecule is CC(C)C[C@@H](NC(=O)c1ccc(O)cc1)C(=O)N[C@@H](C(=O)N[C@H](Cc1ccc(O)cc1)C(=O)N[C@H](Cc1ccc(O)cc1)C(=O)N[C@H](C)C(N)=O)C(C)C. The molecule has 3 aromatic rings. The summed E-state index contributed by atoms with van der Waals surface area (Å²) in [6.07, 6.45) is 0.105. The second-order valence-electron chi connectivity index (χ2n) is 13.9. The second-order valence-corrected chi connectivity index (χ2v) is 13.9. The van der Waals surface area contributed by atoms with E-state index >= 15 is 0 Å². The molecule has 0 fully saturated rings. The maximum atomic E-state index is 14.0. The third-order valence-corrected chi connectivity index (χ3v) is 8.51. The number of hydrogen-bond acceptors (Lipinski definition) is 9. The molecule has 0 aliphatic rings. The van der Waals surface area contributed by atoms with Crippen molar-refractivity contribution in [3.05, 3.63) is 89.5 Å². The van der Waals surface area contributed by atoms with Gasteiger partial charge in [0.25, 0.3) is 5.91 Å². The molecular formula is C39H50N6O9. The zero-order valence-corrected chi connectivity index (χ0v) is 31.0. The summed E-state index contributed by atoms with van der Waals surface area (Å²) in [5.41, 5.74) is 6.68. The largest absolute Gasteiger partial charge is 0.508 e. The van der Waals surface area contributed by atoms with Crippen molar-refractivity contribution in [2.75, 3.05) is 0 Å². The number of phenols is 3. The standard InChI is InChI=1S/C39H50N6O9/c1-21(2)18-30(42-35(50)26-10-16-29(48)17-11-26)38(53)45-33(22(3)4)39(54)44-32(20-25-8-14-28(47)15-9-25)37(52)43-31(36(51)41-23(5)34(40)49)19-24-6-12-27(46)13-7-24/h6-17,21-23,30-33,46-48H,18-20H2,1-5H3,(H2,40,49)(H,41,51)(H,42,50)(H,43,52)(H,44,54)(H,45,53)/t23-,30-,31-,32-,33-/m1/s1. The maximum absolute atomic E-state index is 14.0. The Labute approximate surface area is 314 Å². The summed E-state index contributed by atoms with van der Waals surface area (Å²) < 4.78 is 0. The summed E-state index contributed by atoms with van der Waals surface area (Å²) in [6.45, 7) is 8.53. The highest BCUT2D eigenvalue weighted by molar-refractivity contribution is 5.99. The Kier molecular flexibility index (Phi) is 15.4. The number of nitrogens with one attached hydrogen (secondary N) is 5. The predicted octanol–water partition coefficient (Wildman–Crippen LogP) is 1.53. The minimum Gasteiger partial charge on any atom is -0.508 e. The number of primary amides is 1. The van der Waals surface area contributed by atoms with Crippen LogP contribution in [0, 0.1) is 11.8 Å². The van der Waals surface area contributed by atoms with Crippen LogP contribution in [0.1, 0.15) is 62.5 Å². The summed E-state index contributed by atoms with van der Waals surface area (Å²) in [5.74, 6) is -4.75. The van der Waals surface area contributed by atoms with Crippen molar-refractivity contribution in [3.8, 4) is 17.2 Å². The molecule has 0 bridgehead atoms. The van der Waals surface area contributed by atoms with E-state index in [1.165, 1.54) is 55.5 Å². The van der Waals surface area contributed by atoms with Crippen molar-refractivity contribution >= 4 is 35.4 Å². The number of rotatable bonds is 18. The van der Waals surface area contributed by atoms with Crippen molar-refractivity contribution in [1.82, 2.24) is 26.6 Å². The number of carbonyl (C=O) groups is 6. The summed E-state index contributed by atoms with van der Waals surface area (Å²) in [5, 5.41) is 42.5. The van der Waals surface area contributed by atoms with Gasteiger partial charge in [-0.15, -0.1) is 0 Å². The monoisotopic (exact) mass is 746 g/mol. The van der Waals surface area contributed by atoms with Crippen molar-refractivity contribution in [2.24, 2.45) is 17.6 Å². The van der Waals surface area contributed by atoms with Crippen LogP contribution in [0.5, 0.6) is 17.2 Å². The van der Waals surface area contributed by atoms with Gasteiger partial charge in [0.05, 0.1) is 0 Å². The maximum Gasteiger partial charge on any atom is 0.251 e. The van der Waals surface area contributed by atoms with Crippen LogP contribution in [-0.2, 0) is 36.8 Å². The quantitative estimate of drug-likeness (QED) is 0.0915. The number of carbonyl (C=O) groups excluding carboxylic acids is 6. The van der Waals surface area contributed by atoms with E-state index < -0.39 is 71.6 Å². The molecular weight excluding hydrogens is 696 g/mol. The molecule has 6 amide bonds. The summed E-state index contributed by atoms with van der Waals surface area (Å²) in [6, 6.07) is 11.6. The minimum atomic E-state index is -1.30. The lowest BCUT2D eigenvalue weighted by Gasteiger charge is -2.29. The molecule has 5 atom stereocenters. The Balaban J connectivity index is 1.88. The third-order valence-electron chi connectivity index (χ3n) is 8.51. The topological polar surface area (TPSA) is 249 Å². The van der Waals surface area contributed by atoms with Crippen LogP contribution in [0.3, 0.4) is 0 Å². The Hall–Kier alpha value is -6.12. The lowest BCUT2D eigenvalue weighted by Crippen LogP contribution is -2.60. The predicted molar refractivity (Wildman–Crippen MR) is 200 cm³/mol. The molecule has 0 aliphatic carbocycles. The van der Waals surface area contributed by atoms with Crippen LogP contribution in [0.2, 0.25) is 0 Å². The fourth-order valence-corrected chi connectivity index (χ4v) is 5.42. The normalized spacial score (nSPS) is 13.8. The molecule has 0 saturated heterocycles. The molecule has 0 spiro atoms. The average molecular weight is 747 g/mol. The van der Waals surface area contributed by atoms with E-state index in [4.69, 9.17) is 5.73 Å². The first-order valence-electron chi connectivity index (χ1n) is 17.6. The van der Waals surface area contributed by atoms with E-state index in [2.05, 4.69) is 26.6 Å². The lowest BCUT2D eigenvalue weighted by atomic mass is 9.98. The fraction of sp³-hybridized carbons (Fsp3) is 0.385. The number of amides is 6. The van der Waals surface area contributed by atoms with Crippen molar-refractivity contribution in [1.29, 1.82) is 0 Å². The lowest BCUT2D eigenvalue weighted by molar-refractivity contribution is -0.135. The molecule has 0 aliphatic heterocycles. The molecule has 10 N–H and O–H groups in total. The third kappa shape index (κ3) is 13.1. The highest BCUT2D eigenvalue weighted by Gasteiger charge is 2.33. The number of aromatic hydroxyl groups is 3. The van der Waals surface area contributed by atoms with Gasteiger partial charge in [-0.25, -0.2) is 0 Å². The van der Waals surface area contributed by atoms with E-state index in [-0.39, 0.29) is 48.0 Å². The Morgan fingerprint density at radius 3 is 1.37 bits per heavy atom. The van der Waals surface area contributed by atoms with Gasteiger partial charge in [0.1, 0.15) is 47.5 Å². The van der Waals surface area contributed by atoms with Gasteiger partial charge in [-0.1, -0.05) is 52.0 Å². The zero-order chi connectivity index (χ0) is 40.1. The molecule has 15 nitrogen and oxygen atoms in total.